The molecule has 6 nitrogen and oxygen atoms in total. The van der Waals surface area contributed by atoms with Crippen LogP contribution in [0.25, 0.3) is 0 Å². The summed E-state index contributed by atoms with van der Waals surface area (Å²) < 4.78 is 8.00. The molecular formula is C22H30N4O2. The lowest BCUT2D eigenvalue weighted by atomic mass is 10.1. The molecule has 1 amide bonds. The summed E-state index contributed by atoms with van der Waals surface area (Å²) in [5.74, 6) is 0.0465. The number of hydrogen-bond acceptors (Lipinski definition) is 4. The molecule has 2 fully saturated rings. The molecule has 0 saturated carbocycles. The molecule has 0 spiro atoms. The molecule has 0 bridgehead atoms. The van der Waals surface area contributed by atoms with Crippen LogP contribution in [0.1, 0.15) is 47.8 Å². The van der Waals surface area contributed by atoms with Crippen molar-refractivity contribution in [1.29, 1.82) is 0 Å². The molecule has 2 aliphatic rings. The Labute approximate surface area is 166 Å². The zero-order valence-electron chi connectivity index (χ0n) is 16.4. The monoisotopic (exact) mass is 382 g/mol. The van der Waals surface area contributed by atoms with Crippen molar-refractivity contribution in [3.05, 3.63) is 53.9 Å². The molecule has 2 aliphatic heterocycles. The van der Waals surface area contributed by atoms with E-state index in [1.54, 1.807) is 0 Å². The van der Waals surface area contributed by atoms with Crippen LogP contribution in [0.4, 0.5) is 0 Å². The van der Waals surface area contributed by atoms with Gasteiger partial charge in [0, 0.05) is 25.8 Å². The van der Waals surface area contributed by atoms with Crippen LogP contribution in [-0.4, -0.2) is 59.5 Å². The van der Waals surface area contributed by atoms with Gasteiger partial charge in [-0.15, -0.1) is 0 Å². The third kappa shape index (κ3) is 4.80. The Balaban J connectivity index is 1.22. The SMILES string of the molecule is O=C(c1ccn(C2CCCNC2)n1)N1CCC(OCCc2ccccc2)CC1. The molecule has 28 heavy (non-hydrogen) atoms. The molecule has 1 unspecified atom stereocenters. The van der Waals surface area contributed by atoms with Crippen LogP contribution in [-0.2, 0) is 11.2 Å². The predicted octanol–water partition coefficient (Wildman–Crippen LogP) is 2.67. The number of ether oxygens (including phenoxy) is 1. The Morgan fingerprint density at radius 1 is 1.14 bits per heavy atom. The molecule has 0 radical (unpaired) electrons. The zero-order valence-corrected chi connectivity index (χ0v) is 16.4. The van der Waals surface area contributed by atoms with Crippen molar-refractivity contribution in [1.82, 2.24) is 20.0 Å². The topological polar surface area (TPSA) is 59.4 Å². The second-order valence-electron chi connectivity index (χ2n) is 7.78. The molecule has 1 aromatic heterocycles. The maximum Gasteiger partial charge on any atom is 0.274 e. The minimum Gasteiger partial charge on any atom is -0.378 e. The maximum absolute atomic E-state index is 12.8. The number of rotatable bonds is 6. The second-order valence-corrected chi connectivity index (χ2v) is 7.78. The standard InChI is InChI=1S/C22H30N4O2/c27-22(21-10-15-26(24-21)19-7-4-12-23-17-19)25-13-8-20(9-14-25)28-16-11-18-5-2-1-3-6-18/h1-3,5-6,10,15,19-20,23H,4,7-9,11-14,16-17H2. The Bertz CT molecular complexity index is 747. The Morgan fingerprint density at radius 3 is 2.71 bits per heavy atom. The molecule has 150 valence electrons. The fourth-order valence-electron chi connectivity index (χ4n) is 4.09. The molecule has 3 heterocycles. The molecule has 6 heteroatoms. The van der Waals surface area contributed by atoms with Gasteiger partial charge in [-0.1, -0.05) is 30.3 Å². The second kappa shape index (κ2) is 9.34. The van der Waals surface area contributed by atoms with Gasteiger partial charge in [0.2, 0.25) is 0 Å². The fraction of sp³-hybridized carbons (Fsp3) is 0.545. The van der Waals surface area contributed by atoms with Gasteiger partial charge >= 0.3 is 0 Å². The number of carbonyl (C=O) groups is 1. The molecular weight excluding hydrogens is 352 g/mol. The molecule has 1 N–H and O–H groups in total. The number of nitrogens with one attached hydrogen (secondary N) is 1. The van der Waals surface area contributed by atoms with E-state index in [0.717, 1.165) is 64.9 Å². The van der Waals surface area contributed by atoms with Gasteiger partial charge in [0.05, 0.1) is 18.8 Å². The lowest BCUT2D eigenvalue weighted by Crippen LogP contribution is -2.41. The first kappa shape index (κ1) is 19.2. The van der Waals surface area contributed by atoms with Crippen molar-refractivity contribution in [3.8, 4) is 0 Å². The molecule has 2 saturated heterocycles. The van der Waals surface area contributed by atoms with Crippen LogP contribution in [0.2, 0.25) is 0 Å². The Kier molecular flexibility index (Phi) is 6.39. The van der Waals surface area contributed by atoms with Crippen molar-refractivity contribution < 1.29 is 9.53 Å². The summed E-state index contributed by atoms with van der Waals surface area (Å²) in [6.45, 7) is 4.23. The van der Waals surface area contributed by atoms with Crippen molar-refractivity contribution in [3.63, 3.8) is 0 Å². The van der Waals surface area contributed by atoms with E-state index in [2.05, 4.69) is 34.7 Å². The molecule has 2 aromatic rings. The minimum atomic E-state index is 0.0465. The van der Waals surface area contributed by atoms with Crippen molar-refractivity contribution in [2.45, 2.75) is 44.2 Å². The summed E-state index contributed by atoms with van der Waals surface area (Å²) in [4.78, 5) is 14.7. The van der Waals surface area contributed by atoms with Crippen LogP contribution in [0.15, 0.2) is 42.6 Å². The summed E-state index contributed by atoms with van der Waals surface area (Å²) in [7, 11) is 0. The number of amides is 1. The lowest BCUT2D eigenvalue weighted by molar-refractivity contribution is 0.00985. The van der Waals surface area contributed by atoms with E-state index in [9.17, 15) is 4.79 Å². The summed E-state index contributed by atoms with van der Waals surface area (Å²) in [6.07, 6.45) is 7.21. The van der Waals surface area contributed by atoms with Gasteiger partial charge in [-0.25, -0.2) is 0 Å². The number of hydrogen-bond donors (Lipinski definition) is 1. The highest BCUT2D eigenvalue weighted by Crippen LogP contribution is 2.19. The molecule has 1 atom stereocenters. The van der Waals surface area contributed by atoms with Crippen molar-refractivity contribution in [2.24, 2.45) is 0 Å². The third-order valence-corrected chi connectivity index (χ3v) is 5.79. The quantitative estimate of drug-likeness (QED) is 0.835. The van der Waals surface area contributed by atoms with Crippen LogP contribution in [0.5, 0.6) is 0 Å². The van der Waals surface area contributed by atoms with E-state index < -0.39 is 0 Å². The fourth-order valence-corrected chi connectivity index (χ4v) is 4.09. The highest BCUT2D eigenvalue weighted by Gasteiger charge is 2.26. The Hall–Kier alpha value is -2.18. The summed E-state index contributed by atoms with van der Waals surface area (Å²) in [5, 5.41) is 7.96. The average Bonchev–Trinajstić information content (AvgIpc) is 3.25. The van der Waals surface area contributed by atoms with Crippen molar-refractivity contribution in [2.75, 3.05) is 32.8 Å². The van der Waals surface area contributed by atoms with E-state index in [1.807, 2.05) is 27.9 Å². The Morgan fingerprint density at radius 2 is 1.96 bits per heavy atom. The number of carbonyl (C=O) groups excluding carboxylic acids is 1. The normalized spacial score (nSPS) is 21.0. The number of benzene rings is 1. The zero-order chi connectivity index (χ0) is 19.2. The van der Waals surface area contributed by atoms with Crippen LogP contribution in [0.3, 0.4) is 0 Å². The largest absolute Gasteiger partial charge is 0.378 e. The smallest absolute Gasteiger partial charge is 0.274 e. The third-order valence-electron chi connectivity index (χ3n) is 5.79. The van der Waals surface area contributed by atoms with Gasteiger partial charge in [0.1, 0.15) is 5.69 Å². The first-order valence-corrected chi connectivity index (χ1v) is 10.5. The summed E-state index contributed by atoms with van der Waals surface area (Å²) in [6, 6.07) is 12.6. The summed E-state index contributed by atoms with van der Waals surface area (Å²) >= 11 is 0. The van der Waals surface area contributed by atoms with Crippen LogP contribution in [0, 0.1) is 0 Å². The van der Waals surface area contributed by atoms with Gasteiger partial charge in [0.15, 0.2) is 0 Å². The first-order chi connectivity index (χ1) is 13.8. The van der Waals surface area contributed by atoms with E-state index in [1.165, 1.54) is 5.56 Å². The van der Waals surface area contributed by atoms with E-state index >= 15 is 0 Å². The maximum atomic E-state index is 12.8. The average molecular weight is 383 g/mol. The van der Waals surface area contributed by atoms with E-state index in [0.29, 0.717) is 11.7 Å². The lowest BCUT2D eigenvalue weighted by Gasteiger charge is -2.31. The molecule has 4 rings (SSSR count). The van der Waals surface area contributed by atoms with Gasteiger partial charge in [0.25, 0.3) is 5.91 Å². The van der Waals surface area contributed by atoms with Gasteiger partial charge < -0.3 is 15.0 Å². The van der Waals surface area contributed by atoms with Gasteiger partial charge in [-0.2, -0.15) is 5.10 Å². The minimum absolute atomic E-state index is 0.0465. The molecule has 1 aromatic carbocycles. The number of aromatic nitrogens is 2. The van der Waals surface area contributed by atoms with Crippen LogP contribution < -0.4 is 5.32 Å². The van der Waals surface area contributed by atoms with E-state index in [-0.39, 0.29) is 12.0 Å². The number of piperidine rings is 2. The predicted molar refractivity (Wildman–Crippen MR) is 108 cm³/mol. The van der Waals surface area contributed by atoms with E-state index in [4.69, 9.17) is 4.74 Å². The van der Waals surface area contributed by atoms with Crippen LogP contribution >= 0.6 is 0 Å². The number of nitrogens with zero attached hydrogens (tertiary/aromatic N) is 3. The highest BCUT2D eigenvalue weighted by atomic mass is 16.5. The summed E-state index contributed by atoms with van der Waals surface area (Å²) in [5.41, 5.74) is 1.87. The van der Waals surface area contributed by atoms with Crippen molar-refractivity contribution >= 4 is 5.91 Å². The highest BCUT2D eigenvalue weighted by molar-refractivity contribution is 5.92. The van der Waals surface area contributed by atoms with Gasteiger partial charge in [-0.3, -0.25) is 9.48 Å². The number of likely N-dealkylation sites (tertiary alicyclic amines) is 1. The van der Waals surface area contributed by atoms with Gasteiger partial charge in [-0.05, 0) is 50.3 Å². The molecule has 0 aliphatic carbocycles. The first-order valence-electron chi connectivity index (χ1n) is 10.5.